The summed E-state index contributed by atoms with van der Waals surface area (Å²) in [5.74, 6) is 0. The highest BCUT2D eigenvalue weighted by atomic mass is 32.2. The largest absolute Gasteiger partial charge is 0.345 e. The Bertz CT molecular complexity index is 489. The Morgan fingerprint density at radius 1 is 1.33 bits per heavy atom. The van der Waals surface area contributed by atoms with Crippen LogP contribution in [0.2, 0.25) is 0 Å². The van der Waals surface area contributed by atoms with E-state index in [9.17, 15) is 8.42 Å². The molecule has 0 amide bonds. The highest BCUT2D eigenvalue weighted by Crippen LogP contribution is 2.05. The van der Waals surface area contributed by atoms with Crippen molar-refractivity contribution in [3.8, 4) is 0 Å². The van der Waals surface area contributed by atoms with Crippen molar-refractivity contribution in [2.75, 3.05) is 13.3 Å². The highest BCUT2D eigenvalue weighted by Gasteiger charge is 1.88. The Kier molecular flexibility index (Phi) is 3.81. The molecule has 5 nitrogen and oxygen atoms in total. The normalized spacial score (nSPS) is 10.8. The van der Waals surface area contributed by atoms with E-state index in [4.69, 9.17) is 0 Å². The summed E-state index contributed by atoms with van der Waals surface area (Å²) in [4.78, 5) is 7.07. The predicted octanol–water partition coefficient (Wildman–Crippen LogP) is 0.728. The molecule has 15 heavy (non-hydrogen) atoms. The zero-order valence-corrected chi connectivity index (χ0v) is 9.38. The van der Waals surface area contributed by atoms with Crippen LogP contribution in [0.4, 0.5) is 0 Å². The molecule has 0 fully saturated rings. The fourth-order valence-electron chi connectivity index (χ4n) is 0.880. The highest BCUT2D eigenvalue weighted by molar-refractivity contribution is 7.88. The molecule has 2 rings (SSSR count). The van der Waals surface area contributed by atoms with Gasteiger partial charge in [0.25, 0.3) is 0 Å². The molecule has 0 saturated heterocycles. The lowest BCUT2D eigenvalue weighted by Crippen LogP contribution is -2.15. The molecule has 0 aliphatic heterocycles. The fourth-order valence-corrected chi connectivity index (χ4v) is 0.880. The van der Waals surface area contributed by atoms with Crippen LogP contribution < -0.4 is 4.72 Å². The molecule has 0 atom stereocenters. The maximum Gasteiger partial charge on any atom is 0.208 e. The summed E-state index contributed by atoms with van der Waals surface area (Å²) in [6.07, 6.45) is 2.80. The van der Waals surface area contributed by atoms with Crippen LogP contribution in [-0.2, 0) is 10.0 Å². The van der Waals surface area contributed by atoms with Gasteiger partial charge in [-0.15, -0.1) is 0 Å². The monoisotopic (exact) mass is 227 g/mol. The van der Waals surface area contributed by atoms with E-state index in [0.717, 1.165) is 17.3 Å². The number of H-pyrrole nitrogens is 1. The minimum absolute atomic E-state index is 1.03. The number of imidazole rings is 1. The van der Waals surface area contributed by atoms with Gasteiger partial charge in [0.1, 0.15) is 0 Å². The average molecular weight is 227 g/mol. The molecule has 6 heteroatoms. The van der Waals surface area contributed by atoms with E-state index in [1.807, 2.05) is 24.3 Å². The van der Waals surface area contributed by atoms with Crippen molar-refractivity contribution in [3.05, 3.63) is 30.6 Å². The summed E-state index contributed by atoms with van der Waals surface area (Å²) in [6, 6.07) is 7.94. The lowest BCUT2D eigenvalue weighted by atomic mass is 10.3. The van der Waals surface area contributed by atoms with Gasteiger partial charge in [0, 0.05) is 0 Å². The van der Waals surface area contributed by atoms with E-state index in [1.165, 1.54) is 7.05 Å². The summed E-state index contributed by atoms with van der Waals surface area (Å²) in [5.41, 5.74) is 2.12. The number of benzene rings is 1. The Hall–Kier alpha value is -1.40. The van der Waals surface area contributed by atoms with Gasteiger partial charge in [-0.1, -0.05) is 12.1 Å². The number of hydrogen-bond acceptors (Lipinski definition) is 3. The summed E-state index contributed by atoms with van der Waals surface area (Å²) in [7, 11) is -1.54. The molecule has 82 valence electrons. The summed E-state index contributed by atoms with van der Waals surface area (Å²) in [6.45, 7) is 0. The molecule has 0 aliphatic rings. The van der Waals surface area contributed by atoms with Crippen molar-refractivity contribution in [1.82, 2.24) is 14.7 Å². The van der Waals surface area contributed by atoms with Gasteiger partial charge in [-0.2, -0.15) is 0 Å². The molecule has 0 spiro atoms. The van der Waals surface area contributed by atoms with Gasteiger partial charge < -0.3 is 4.98 Å². The second-order valence-corrected chi connectivity index (χ2v) is 4.85. The number of fused-ring (bicyclic) bond motifs is 1. The topological polar surface area (TPSA) is 74.8 Å². The van der Waals surface area contributed by atoms with E-state index >= 15 is 0 Å². The molecule has 1 aromatic heterocycles. The van der Waals surface area contributed by atoms with E-state index in [2.05, 4.69) is 14.7 Å². The van der Waals surface area contributed by atoms with Crippen LogP contribution >= 0.6 is 0 Å². The van der Waals surface area contributed by atoms with Gasteiger partial charge >= 0.3 is 0 Å². The fraction of sp³-hybridized carbons (Fsp3) is 0.222. The van der Waals surface area contributed by atoms with Crippen molar-refractivity contribution in [2.45, 2.75) is 0 Å². The molecule has 0 saturated carbocycles. The van der Waals surface area contributed by atoms with E-state index in [0.29, 0.717) is 0 Å². The summed E-state index contributed by atoms with van der Waals surface area (Å²) < 4.78 is 21.9. The number of nitrogens with zero attached hydrogens (tertiary/aromatic N) is 1. The molecule has 0 radical (unpaired) electrons. The van der Waals surface area contributed by atoms with Crippen LogP contribution in [0, 0.1) is 0 Å². The number of aromatic amines is 1. The first-order valence-electron chi connectivity index (χ1n) is 4.29. The first kappa shape index (κ1) is 11.7. The minimum Gasteiger partial charge on any atom is -0.345 e. The maximum atomic E-state index is 9.89. The van der Waals surface area contributed by atoms with Crippen LogP contribution in [0.25, 0.3) is 11.0 Å². The molecule has 2 aromatic rings. The van der Waals surface area contributed by atoms with Crippen molar-refractivity contribution >= 4 is 21.1 Å². The molecular formula is C9H13N3O2S. The third-order valence-corrected chi connectivity index (χ3v) is 2.44. The lowest BCUT2D eigenvalue weighted by molar-refractivity contribution is 0.594. The maximum absolute atomic E-state index is 9.89. The third-order valence-electron chi connectivity index (χ3n) is 1.70. The zero-order valence-electron chi connectivity index (χ0n) is 8.56. The second-order valence-electron chi connectivity index (χ2n) is 2.90. The van der Waals surface area contributed by atoms with Gasteiger partial charge in [0.2, 0.25) is 10.0 Å². The van der Waals surface area contributed by atoms with Gasteiger partial charge in [0.15, 0.2) is 0 Å². The summed E-state index contributed by atoms with van der Waals surface area (Å²) in [5, 5.41) is 0. The number of para-hydroxylation sites is 2. The molecule has 1 aromatic carbocycles. The van der Waals surface area contributed by atoms with Crippen LogP contribution in [0.3, 0.4) is 0 Å². The smallest absolute Gasteiger partial charge is 0.208 e. The quantitative estimate of drug-likeness (QED) is 0.754. The van der Waals surface area contributed by atoms with E-state index < -0.39 is 10.0 Å². The Labute approximate surface area is 88.6 Å². The Morgan fingerprint density at radius 3 is 2.47 bits per heavy atom. The van der Waals surface area contributed by atoms with Crippen LogP contribution in [0.1, 0.15) is 0 Å². The molecule has 0 aliphatic carbocycles. The zero-order chi connectivity index (χ0) is 11.3. The number of aromatic nitrogens is 2. The van der Waals surface area contributed by atoms with Crippen LogP contribution in [-0.4, -0.2) is 31.7 Å². The van der Waals surface area contributed by atoms with Crippen molar-refractivity contribution in [1.29, 1.82) is 0 Å². The van der Waals surface area contributed by atoms with Crippen LogP contribution in [0.5, 0.6) is 0 Å². The molecular weight excluding hydrogens is 214 g/mol. The first-order chi connectivity index (χ1) is 7.03. The van der Waals surface area contributed by atoms with Gasteiger partial charge in [-0.05, 0) is 19.2 Å². The second kappa shape index (κ2) is 4.90. The SMILES string of the molecule is CNS(C)(=O)=O.c1ccc2[nH]cnc2c1. The molecule has 0 unspecified atom stereocenters. The number of sulfonamides is 1. The van der Waals surface area contributed by atoms with Crippen LogP contribution in [0.15, 0.2) is 30.6 Å². The van der Waals surface area contributed by atoms with Crippen molar-refractivity contribution in [3.63, 3.8) is 0 Å². The average Bonchev–Trinajstić information content (AvgIpc) is 2.65. The standard InChI is InChI=1S/C7H6N2.C2H7NO2S/c1-2-4-7-6(3-1)8-5-9-7;1-3-6(2,4)5/h1-5H,(H,8,9);3H,1-2H3. The molecule has 1 heterocycles. The van der Waals surface area contributed by atoms with Crippen molar-refractivity contribution in [2.24, 2.45) is 0 Å². The van der Waals surface area contributed by atoms with Gasteiger partial charge in [0.05, 0.1) is 23.6 Å². The first-order valence-corrected chi connectivity index (χ1v) is 6.18. The Balaban J connectivity index is 0.000000167. The Morgan fingerprint density at radius 2 is 1.93 bits per heavy atom. The van der Waals surface area contributed by atoms with E-state index in [-0.39, 0.29) is 0 Å². The predicted molar refractivity (Wildman–Crippen MR) is 60.0 cm³/mol. The number of hydrogen-bond donors (Lipinski definition) is 2. The third kappa shape index (κ3) is 4.09. The van der Waals surface area contributed by atoms with Crippen molar-refractivity contribution < 1.29 is 8.42 Å². The van der Waals surface area contributed by atoms with Gasteiger partial charge in [-0.25, -0.2) is 18.1 Å². The van der Waals surface area contributed by atoms with Gasteiger partial charge in [-0.3, -0.25) is 0 Å². The summed E-state index contributed by atoms with van der Waals surface area (Å²) >= 11 is 0. The number of rotatable bonds is 1. The van der Waals surface area contributed by atoms with E-state index in [1.54, 1.807) is 6.33 Å². The number of nitrogens with one attached hydrogen (secondary N) is 2. The molecule has 0 bridgehead atoms. The molecule has 2 N–H and O–H groups in total. The minimum atomic E-state index is -2.91. The lowest BCUT2D eigenvalue weighted by Gasteiger charge is -1.85.